The molecule has 1 heterocycles. The fourth-order valence-electron chi connectivity index (χ4n) is 2.40. The van der Waals surface area contributed by atoms with Gasteiger partial charge >= 0.3 is 5.97 Å². The van der Waals surface area contributed by atoms with Crippen LogP contribution in [-0.2, 0) is 16.1 Å². The maximum atomic E-state index is 11.8. The van der Waals surface area contributed by atoms with Gasteiger partial charge in [-0.2, -0.15) is 0 Å². The van der Waals surface area contributed by atoms with Gasteiger partial charge in [0.05, 0.1) is 25.0 Å². The molecular formula is C15H17NO5. The van der Waals surface area contributed by atoms with E-state index in [1.165, 1.54) is 0 Å². The number of carboxylic acid groups (broad SMARTS) is 1. The maximum Gasteiger partial charge on any atom is 0.307 e. The molecule has 1 aliphatic heterocycles. The molecule has 1 aliphatic carbocycles. The summed E-state index contributed by atoms with van der Waals surface area (Å²) in [5.41, 5.74) is 0.903. The van der Waals surface area contributed by atoms with Crippen molar-refractivity contribution in [2.24, 2.45) is 11.8 Å². The van der Waals surface area contributed by atoms with Crippen molar-refractivity contribution < 1.29 is 24.2 Å². The van der Waals surface area contributed by atoms with Crippen molar-refractivity contribution in [3.8, 4) is 11.5 Å². The van der Waals surface area contributed by atoms with E-state index in [-0.39, 0.29) is 11.8 Å². The summed E-state index contributed by atoms with van der Waals surface area (Å²) in [6.45, 7) is 1.62. The third kappa shape index (κ3) is 3.09. The van der Waals surface area contributed by atoms with Crippen molar-refractivity contribution in [1.29, 1.82) is 0 Å². The molecule has 1 aromatic rings. The minimum absolute atomic E-state index is 0.200. The zero-order valence-electron chi connectivity index (χ0n) is 11.5. The molecule has 1 amide bonds. The van der Waals surface area contributed by atoms with Gasteiger partial charge in [-0.05, 0) is 24.1 Å². The third-order valence-electron chi connectivity index (χ3n) is 3.72. The summed E-state index contributed by atoms with van der Waals surface area (Å²) < 4.78 is 11.1. The number of amides is 1. The van der Waals surface area contributed by atoms with Crippen LogP contribution in [0.5, 0.6) is 11.5 Å². The van der Waals surface area contributed by atoms with Gasteiger partial charge in [0.25, 0.3) is 0 Å². The maximum absolute atomic E-state index is 11.8. The quantitative estimate of drug-likeness (QED) is 0.870. The van der Waals surface area contributed by atoms with E-state index in [9.17, 15) is 9.59 Å². The number of nitrogens with one attached hydrogen (secondary N) is 1. The van der Waals surface area contributed by atoms with Crippen LogP contribution in [-0.4, -0.2) is 30.2 Å². The fourth-order valence-corrected chi connectivity index (χ4v) is 2.40. The standard InChI is InChI=1S/C15H17NO5/c17-14(10-7-11(10)15(18)19)16-8-9-2-3-12-13(6-9)21-5-1-4-20-12/h2-3,6,10-11H,1,4-5,7-8H2,(H,16,17)(H,18,19)/t10-,11+/m1/s1. The molecule has 0 radical (unpaired) electrons. The molecule has 2 aliphatic rings. The Morgan fingerprint density at radius 3 is 2.67 bits per heavy atom. The van der Waals surface area contributed by atoms with Gasteiger partial charge in [-0.15, -0.1) is 0 Å². The number of rotatable bonds is 4. The molecule has 21 heavy (non-hydrogen) atoms. The number of ether oxygens (including phenoxy) is 2. The van der Waals surface area contributed by atoms with Gasteiger partial charge < -0.3 is 19.9 Å². The Bertz CT molecular complexity index is 571. The molecule has 6 nitrogen and oxygen atoms in total. The molecule has 0 unspecified atom stereocenters. The summed E-state index contributed by atoms with van der Waals surface area (Å²) >= 11 is 0. The number of carbonyl (C=O) groups is 2. The largest absolute Gasteiger partial charge is 0.490 e. The lowest BCUT2D eigenvalue weighted by molar-refractivity contribution is -0.140. The highest BCUT2D eigenvalue weighted by atomic mass is 16.5. The number of benzene rings is 1. The number of carbonyl (C=O) groups excluding carboxylic acids is 1. The first-order valence-corrected chi connectivity index (χ1v) is 7.04. The molecule has 2 N–H and O–H groups in total. The van der Waals surface area contributed by atoms with Crippen molar-refractivity contribution >= 4 is 11.9 Å². The van der Waals surface area contributed by atoms with Crippen LogP contribution in [0.15, 0.2) is 18.2 Å². The second kappa shape index (κ2) is 5.63. The Labute approximate surface area is 122 Å². The van der Waals surface area contributed by atoms with Gasteiger partial charge in [-0.3, -0.25) is 9.59 Å². The van der Waals surface area contributed by atoms with E-state index in [1.54, 1.807) is 0 Å². The summed E-state index contributed by atoms with van der Waals surface area (Å²) in [5.74, 6) is -0.596. The minimum atomic E-state index is -0.897. The average molecular weight is 291 g/mol. The highest BCUT2D eigenvalue weighted by Gasteiger charge is 2.48. The van der Waals surface area contributed by atoms with Crippen LogP contribution in [0.25, 0.3) is 0 Å². The van der Waals surface area contributed by atoms with Gasteiger partial charge in [0.2, 0.25) is 5.91 Å². The first-order valence-electron chi connectivity index (χ1n) is 7.04. The zero-order chi connectivity index (χ0) is 14.8. The molecule has 1 fully saturated rings. The lowest BCUT2D eigenvalue weighted by Gasteiger charge is -2.10. The molecule has 0 saturated heterocycles. The molecular weight excluding hydrogens is 274 g/mol. The van der Waals surface area contributed by atoms with Crippen molar-refractivity contribution in [3.05, 3.63) is 23.8 Å². The predicted molar refractivity (Wildman–Crippen MR) is 73.1 cm³/mol. The monoisotopic (exact) mass is 291 g/mol. The predicted octanol–water partition coefficient (Wildman–Crippen LogP) is 1.18. The van der Waals surface area contributed by atoms with Gasteiger partial charge in [0, 0.05) is 13.0 Å². The molecule has 112 valence electrons. The van der Waals surface area contributed by atoms with Gasteiger partial charge in [-0.1, -0.05) is 6.07 Å². The van der Waals surface area contributed by atoms with Crippen molar-refractivity contribution in [2.45, 2.75) is 19.4 Å². The molecule has 1 aromatic carbocycles. The van der Waals surface area contributed by atoms with Crippen LogP contribution >= 0.6 is 0 Å². The van der Waals surface area contributed by atoms with Crippen molar-refractivity contribution in [2.75, 3.05) is 13.2 Å². The lowest BCUT2D eigenvalue weighted by Crippen LogP contribution is -2.25. The van der Waals surface area contributed by atoms with Gasteiger partial charge in [0.1, 0.15) is 0 Å². The molecule has 3 rings (SSSR count). The van der Waals surface area contributed by atoms with Crippen molar-refractivity contribution in [1.82, 2.24) is 5.32 Å². The average Bonchev–Trinajstić information content (AvgIpc) is 3.27. The Kier molecular flexibility index (Phi) is 3.68. The SMILES string of the molecule is O=C(O)[C@H]1C[C@H]1C(=O)NCc1ccc2c(c1)OCCCO2. The molecule has 1 saturated carbocycles. The van der Waals surface area contributed by atoms with E-state index in [0.717, 1.165) is 17.7 Å². The molecule has 6 heteroatoms. The zero-order valence-corrected chi connectivity index (χ0v) is 11.5. The minimum Gasteiger partial charge on any atom is -0.490 e. The highest BCUT2D eigenvalue weighted by Crippen LogP contribution is 2.38. The second-order valence-corrected chi connectivity index (χ2v) is 5.34. The Morgan fingerprint density at radius 1 is 1.19 bits per heavy atom. The van der Waals surface area contributed by atoms with E-state index in [1.807, 2.05) is 18.2 Å². The Hall–Kier alpha value is -2.24. The summed E-state index contributed by atoms with van der Waals surface area (Å²) in [6, 6.07) is 5.55. The summed E-state index contributed by atoms with van der Waals surface area (Å²) in [5, 5.41) is 11.6. The van der Waals surface area contributed by atoms with Gasteiger partial charge in [0.15, 0.2) is 11.5 Å². The van der Waals surface area contributed by atoms with E-state index < -0.39 is 11.9 Å². The summed E-state index contributed by atoms with van der Waals surface area (Å²) in [6.07, 6.45) is 1.28. The number of aliphatic carboxylic acids is 1. The summed E-state index contributed by atoms with van der Waals surface area (Å²) in [4.78, 5) is 22.5. The summed E-state index contributed by atoms with van der Waals surface area (Å²) in [7, 11) is 0. The van der Waals surface area contributed by atoms with Crippen LogP contribution in [0.2, 0.25) is 0 Å². The van der Waals surface area contributed by atoms with Crippen LogP contribution < -0.4 is 14.8 Å². The van der Waals surface area contributed by atoms with Crippen LogP contribution in [0.1, 0.15) is 18.4 Å². The van der Waals surface area contributed by atoms with E-state index in [0.29, 0.717) is 31.9 Å². The molecule has 0 aromatic heterocycles. The van der Waals surface area contributed by atoms with Crippen molar-refractivity contribution in [3.63, 3.8) is 0 Å². The van der Waals surface area contributed by atoms with Crippen LogP contribution in [0.4, 0.5) is 0 Å². The van der Waals surface area contributed by atoms with Crippen LogP contribution in [0, 0.1) is 11.8 Å². The molecule has 0 spiro atoms. The van der Waals surface area contributed by atoms with Gasteiger partial charge in [-0.25, -0.2) is 0 Å². The number of hydrogen-bond acceptors (Lipinski definition) is 4. The van der Waals surface area contributed by atoms with Crippen LogP contribution in [0.3, 0.4) is 0 Å². The fraction of sp³-hybridized carbons (Fsp3) is 0.467. The smallest absolute Gasteiger partial charge is 0.307 e. The Morgan fingerprint density at radius 2 is 1.95 bits per heavy atom. The second-order valence-electron chi connectivity index (χ2n) is 5.34. The lowest BCUT2D eigenvalue weighted by atomic mass is 10.2. The highest BCUT2D eigenvalue weighted by molar-refractivity contribution is 5.89. The Balaban J connectivity index is 1.57. The first-order chi connectivity index (χ1) is 10.1. The van der Waals surface area contributed by atoms with E-state index in [2.05, 4.69) is 5.32 Å². The number of carboxylic acids is 1. The van der Waals surface area contributed by atoms with E-state index in [4.69, 9.17) is 14.6 Å². The molecule has 2 atom stereocenters. The topological polar surface area (TPSA) is 84.9 Å². The van der Waals surface area contributed by atoms with E-state index >= 15 is 0 Å². The number of hydrogen-bond donors (Lipinski definition) is 2. The molecule has 0 bridgehead atoms. The first kappa shape index (κ1) is 13.7. The normalized spacial score (nSPS) is 23.0. The number of fused-ring (bicyclic) bond motifs is 1. The third-order valence-corrected chi connectivity index (χ3v) is 3.72.